The summed E-state index contributed by atoms with van der Waals surface area (Å²) in [5, 5.41) is 2.26. The summed E-state index contributed by atoms with van der Waals surface area (Å²) in [4.78, 5) is 36.1. The van der Waals surface area contributed by atoms with Gasteiger partial charge in [-0.2, -0.15) is 0 Å². The quantitative estimate of drug-likeness (QED) is 0.151. The van der Waals surface area contributed by atoms with Crippen molar-refractivity contribution in [3.05, 3.63) is 82.9 Å². The van der Waals surface area contributed by atoms with Crippen molar-refractivity contribution in [2.24, 2.45) is 0 Å². The van der Waals surface area contributed by atoms with Crippen molar-refractivity contribution in [1.29, 1.82) is 0 Å². The first kappa shape index (κ1) is 25.4. The van der Waals surface area contributed by atoms with E-state index in [9.17, 15) is 14.4 Å². The zero-order valence-corrected chi connectivity index (χ0v) is 19.9. The van der Waals surface area contributed by atoms with Crippen LogP contribution >= 0.6 is 0 Å². The molecule has 0 unspecified atom stereocenters. The summed E-state index contributed by atoms with van der Waals surface area (Å²) in [6, 6.07) is 13.1. The predicted octanol–water partition coefficient (Wildman–Crippen LogP) is 6.10. The van der Waals surface area contributed by atoms with Crippen molar-refractivity contribution >= 4 is 17.8 Å². The normalized spacial score (nSPS) is 12.4. The minimum absolute atomic E-state index is 0.0449. The van der Waals surface area contributed by atoms with Gasteiger partial charge in [0.1, 0.15) is 6.61 Å². The van der Waals surface area contributed by atoms with E-state index < -0.39 is 17.8 Å². The maximum absolute atomic E-state index is 12.3. The minimum atomic E-state index is -0.460. The molecule has 0 atom stereocenters. The van der Waals surface area contributed by atoms with Crippen LogP contribution in [0.25, 0.3) is 0 Å². The Morgan fingerprint density at radius 1 is 0.824 bits per heavy atom. The van der Waals surface area contributed by atoms with Crippen LogP contribution in [0, 0.1) is 0 Å². The number of imide groups is 1. The van der Waals surface area contributed by atoms with Gasteiger partial charge in [0.2, 0.25) is 0 Å². The second-order valence-corrected chi connectivity index (χ2v) is 8.93. The van der Waals surface area contributed by atoms with Crippen LogP contribution in [0.1, 0.15) is 95.2 Å². The van der Waals surface area contributed by atoms with Gasteiger partial charge in [0.25, 0.3) is 11.8 Å². The molecule has 0 fully saturated rings. The number of amides is 2. The number of carbonyl (C=O) groups excluding carboxylic acids is 3. The number of carbonyl (C=O) groups is 3. The first-order chi connectivity index (χ1) is 16.6. The second-order valence-electron chi connectivity index (χ2n) is 8.93. The lowest BCUT2D eigenvalue weighted by atomic mass is 10.0. The lowest BCUT2D eigenvalue weighted by Gasteiger charge is -2.08. The summed E-state index contributed by atoms with van der Waals surface area (Å²) < 4.78 is 5.40. The summed E-state index contributed by atoms with van der Waals surface area (Å²) >= 11 is 0. The number of hydrogen-bond donors (Lipinski definition) is 1. The fraction of sp³-hybridized carbons (Fsp3) is 0.414. The van der Waals surface area contributed by atoms with Crippen LogP contribution in [0.2, 0.25) is 0 Å². The van der Waals surface area contributed by atoms with E-state index in [1.165, 1.54) is 56.9 Å². The van der Waals surface area contributed by atoms with E-state index in [1.54, 1.807) is 18.2 Å². The average molecular weight is 462 g/mol. The van der Waals surface area contributed by atoms with Crippen LogP contribution < -0.4 is 5.32 Å². The van der Waals surface area contributed by atoms with Gasteiger partial charge >= 0.3 is 5.97 Å². The van der Waals surface area contributed by atoms with Crippen LogP contribution in [-0.2, 0) is 29.0 Å². The summed E-state index contributed by atoms with van der Waals surface area (Å²) in [7, 11) is 0. The minimum Gasteiger partial charge on any atom is -0.461 e. The standard InChI is InChI=1S/C29H35NO4/c1-2-3-4-5-6-7-8-9-10-11-13-22-16-18-23(19-17-22)21-34-26(31)20-24-14-12-15-25-27(24)29(33)30-28(25)32/h2,12,14-19H,1,3-11,13,20-21H2,(H,30,32,33). The van der Waals surface area contributed by atoms with Crippen LogP contribution in [0.15, 0.2) is 55.1 Å². The highest BCUT2D eigenvalue weighted by atomic mass is 16.5. The van der Waals surface area contributed by atoms with Gasteiger partial charge in [0.15, 0.2) is 0 Å². The molecule has 0 saturated carbocycles. The highest BCUT2D eigenvalue weighted by molar-refractivity contribution is 6.22. The molecule has 0 aliphatic carbocycles. The Kier molecular flexibility index (Phi) is 10.1. The van der Waals surface area contributed by atoms with E-state index in [0.717, 1.165) is 18.4 Å². The van der Waals surface area contributed by atoms with E-state index in [4.69, 9.17) is 4.74 Å². The van der Waals surface area contributed by atoms with E-state index in [2.05, 4.69) is 24.0 Å². The maximum atomic E-state index is 12.3. The monoisotopic (exact) mass is 461 g/mol. The topological polar surface area (TPSA) is 72.5 Å². The van der Waals surface area contributed by atoms with E-state index in [-0.39, 0.29) is 18.6 Å². The van der Waals surface area contributed by atoms with Crippen molar-refractivity contribution in [1.82, 2.24) is 5.32 Å². The molecule has 0 spiro atoms. The first-order valence-corrected chi connectivity index (χ1v) is 12.4. The average Bonchev–Trinajstić information content (AvgIpc) is 3.14. The molecule has 1 heterocycles. The number of esters is 1. The number of allylic oxidation sites excluding steroid dienone is 1. The number of ether oxygens (including phenoxy) is 1. The Morgan fingerprint density at radius 2 is 1.47 bits per heavy atom. The number of nitrogens with one attached hydrogen (secondary N) is 1. The Morgan fingerprint density at radius 3 is 2.18 bits per heavy atom. The number of hydrogen-bond acceptors (Lipinski definition) is 4. The molecule has 1 aliphatic rings. The molecule has 2 aromatic rings. The Balaban J connectivity index is 1.32. The Bertz CT molecular complexity index is 994. The third-order valence-electron chi connectivity index (χ3n) is 6.23. The molecular weight excluding hydrogens is 426 g/mol. The molecule has 2 aromatic carbocycles. The number of unbranched alkanes of at least 4 members (excludes halogenated alkanes) is 8. The molecule has 5 nitrogen and oxygen atoms in total. The van der Waals surface area contributed by atoms with Crippen LogP contribution in [-0.4, -0.2) is 17.8 Å². The van der Waals surface area contributed by atoms with Gasteiger partial charge < -0.3 is 4.74 Å². The van der Waals surface area contributed by atoms with Crippen LogP contribution in [0.4, 0.5) is 0 Å². The number of rotatable bonds is 15. The van der Waals surface area contributed by atoms with Gasteiger partial charge in [-0.3, -0.25) is 19.7 Å². The molecule has 0 aromatic heterocycles. The zero-order valence-electron chi connectivity index (χ0n) is 19.9. The fourth-order valence-corrected chi connectivity index (χ4v) is 4.29. The number of aryl methyl sites for hydroxylation is 1. The molecule has 3 rings (SSSR count). The van der Waals surface area contributed by atoms with Crippen molar-refractivity contribution in [3.63, 3.8) is 0 Å². The molecular formula is C29H35NO4. The lowest BCUT2D eigenvalue weighted by molar-refractivity contribution is -0.144. The molecule has 2 amide bonds. The van der Waals surface area contributed by atoms with Gasteiger partial charge in [-0.1, -0.05) is 81.0 Å². The summed E-state index contributed by atoms with van der Waals surface area (Å²) in [6.45, 7) is 3.95. The molecule has 1 aliphatic heterocycles. The molecule has 0 bridgehead atoms. The molecule has 5 heteroatoms. The van der Waals surface area contributed by atoms with Crippen molar-refractivity contribution in [2.75, 3.05) is 0 Å². The fourth-order valence-electron chi connectivity index (χ4n) is 4.29. The lowest BCUT2D eigenvalue weighted by Crippen LogP contribution is -2.20. The van der Waals surface area contributed by atoms with Crippen LogP contribution in [0.3, 0.4) is 0 Å². The smallest absolute Gasteiger partial charge is 0.310 e. The van der Waals surface area contributed by atoms with Gasteiger partial charge in [0, 0.05) is 0 Å². The van der Waals surface area contributed by atoms with Crippen molar-refractivity contribution in [3.8, 4) is 0 Å². The van der Waals surface area contributed by atoms with E-state index in [1.807, 2.05) is 18.2 Å². The zero-order chi connectivity index (χ0) is 24.2. The summed E-state index contributed by atoms with van der Waals surface area (Å²) in [5.41, 5.74) is 3.33. The summed E-state index contributed by atoms with van der Waals surface area (Å²) in [6.07, 6.45) is 14.5. The third-order valence-corrected chi connectivity index (χ3v) is 6.23. The second kappa shape index (κ2) is 13.5. The Labute approximate surface area is 202 Å². The molecule has 1 N–H and O–H groups in total. The Hall–Kier alpha value is -3.21. The molecule has 34 heavy (non-hydrogen) atoms. The number of fused-ring (bicyclic) bond motifs is 1. The van der Waals surface area contributed by atoms with Crippen LogP contribution in [0.5, 0.6) is 0 Å². The first-order valence-electron chi connectivity index (χ1n) is 12.4. The highest BCUT2D eigenvalue weighted by Crippen LogP contribution is 2.21. The predicted molar refractivity (Wildman–Crippen MR) is 134 cm³/mol. The third kappa shape index (κ3) is 7.68. The molecule has 0 radical (unpaired) electrons. The SMILES string of the molecule is C=CCCCCCCCCCCc1ccc(COC(=O)Cc2cccc3c2C(=O)NC3=O)cc1. The number of benzene rings is 2. The maximum Gasteiger partial charge on any atom is 0.310 e. The molecule has 0 saturated heterocycles. The molecule has 180 valence electrons. The van der Waals surface area contributed by atoms with E-state index in [0.29, 0.717) is 11.1 Å². The van der Waals surface area contributed by atoms with Crippen molar-refractivity contribution in [2.45, 2.75) is 77.2 Å². The largest absolute Gasteiger partial charge is 0.461 e. The van der Waals surface area contributed by atoms with Gasteiger partial charge in [-0.15, -0.1) is 6.58 Å². The van der Waals surface area contributed by atoms with Gasteiger partial charge in [-0.05, 0) is 48.4 Å². The highest BCUT2D eigenvalue weighted by Gasteiger charge is 2.29. The van der Waals surface area contributed by atoms with Crippen molar-refractivity contribution < 1.29 is 19.1 Å². The van der Waals surface area contributed by atoms with Gasteiger partial charge in [0.05, 0.1) is 17.5 Å². The summed E-state index contributed by atoms with van der Waals surface area (Å²) in [5.74, 6) is -1.31. The van der Waals surface area contributed by atoms with E-state index >= 15 is 0 Å². The van der Waals surface area contributed by atoms with Gasteiger partial charge in [-0.25, -0.2) is 0 Å².